The highest BCUT2D eigenvalue weighted by Gasteiger charge is 2.22. The number of hydrogen-bond acceptors (Lipinski definition) is 6. The first-order valence-corrected chi connectivity index (χ1v) is 8.85. The molecule has 0 amide bonds. The van der Waals surface area contributed by atoms with Crippen LogP contribution in [-0.2, 0) is 6.42 Å². The van der Waals surface area contributed by atoms with Gasteiger partial charge in [-0.2, -0.15) is 16.7 Å². The molecular weight excluding hydrogens is 266 g/mol. The monoisotopic (exact) mass is 285 g/mol. The van der Waals surface area contributed by atoms with E-state index in [-0.39, 0.29) is 0 Å². The van der Waals surface area contributed by atoms with E-state index in [9.17, 15) is 0 Å². The molecular formula is C12H19N3OS2. The molecule has 0 saturated carbocycles. The maximum atomic E-state index is 5.37. The fraction of sp³-hybridized carbons (Fsp3) is 0.833. The lowest BCUT2D eigenvalue weighted by molar-refractivity contribution is 0.360. The summed E-state index contributed by atoms with van der Waals surface area (Å²) in [4.78, 5) is 4.56. The molecule has 1 aromatic heterocycles. The van der Waals surface area contributed by atoms with Gasteiger partial charge < -0.3 is 9.84 Å². The van der Waals surface area contributed by atoms with Gasteiger partial charge in [0.25, 0.3) is 0 Å². The minimum absolute atomic E-state index is 0.439. The van der Waals surface area contributed by atoms with E-state index >= 15 is 0 Å². The van der Waals surface area contributed by atoms with Crippen LogP contribution in [0.3, 0.4) is 0 Å². The molecule has 3 rings (SSSR count). The van der Waals surface area contributed by atoms with E-state index in [1.807, 2.05) is 23.5 Å². The SMILES string of the molecule is C1CC(CCc2nc(C3CSCCS3)no2)CN1. The standard InChI is InChI=1S/C12H19N3OS2/c1(9-3-4-13-7-9)2-11-14-12(15-16-11)10-8-17-5-6-18-10/h9-10,13H,1-8H2. The maximum Gasteiger partial charge on any atom is 0.226 e. The lowest BCUT2D eigenvalue weighted by Gasteiger charge is -2.16. The largest absolute Gasteiger partial charge is 0.339 e. The third-order valence-electron chi connectivity index (χ3n) is 3.52. The summed E-state index contributed by atoms with van der Waals surface area (Å²) >= 11 is 3.95. The number of hydrogen-bond donors (Lipinski definition) is 1. The van der Waals surface area contributed by atoms with Gasteiger partial charge in [0.15, 0.2) is 5.82 Å². The predicted molar refractivity (Wildman–Crippen MR) is 76.1 cm³/mol. The molecule has 2 unspecified atom stereocenters. The van der Waals surface area contributed by atoms with Crippen molar-refractivity contribution < 1.29 is 4.52 Å². The molecule has 6 heteroatoms. The van der Waals surface area contributed by atoms with Crippen LogP contribution in [0.4, 0.5) is 0 Å². The maximum absolute atomic E-state index is 5.37. The van der Waals surface area contributed by atoms with Crippen LogP contribution >= 0.6 is 23.5 Å². The predicted octanol–water partition coefficient (Wildman–Crippen LogP) is 2.13. The summed E-state index contributed by atoms with van der Waals surface area (Å²) < 4.78 is 5.37. The van der Waals surface area contributed by atoms with E-state index in [0.717, 1.165) is 42.9 Å². The molecule has 2 aliphatic heterocycles. The Morgan fingerprint density at radius 2 is 2.39 bits per heavy atom. The second-order valence-corrected chi connectivity index (χ2v) is 7.34. The van der Waals surface area contributed by atoms with Crippen molar-refractivity contribution in [3.8, 4) is 0 Å². The molecule has 2 aliphatic rings. The number of aromatic nitrogens is 2. The van der Waals surface area contributed by atoms with Crippen LogP contribution in [-0.4, -0.2) is 40.5 Å². The summed E-state index contributed by atoms with van der Waals surface area (Å²) in [5.74, 6) is 6.10. The first kappa shape index (κ1) is 12.8. The van der Waals surface area contributed by atoms with Crippen molar-refractivity contribution >= 4 is 23.5 Å². The highest BCUT2D eigenvalue weighted by Crippen LogP contribution is 2.35. The van der Waals surface area contributed by atoms with E-state index < -0.39 is 0 Å². The van der Waals surface area contributed by atoms with E-state index in [4.69, 9.17) is 4.52 Å². The van der Waals surface area contributed by atoms with Gasteiger partial charge in [0, 0.05) is 23.7 Å². The summed E-state index contributed by atoms with van der Waals surface area (Å²) in [6.45, 7) is 2.31. The van der Waals surface area contributed by atoms with E-state index in [1.165, 1.54) is 24.3 Å². The molecule has 0 aromatic carbocycles. The lowest BCUT2D eigenvalue weighted by atomic mass is 10.0. The fourth-order valence-electron chi connectivity index (χ4n) is 2.43. The van der Waals surface area contributed by atoms with Crippen LogP contribution < -0.4 is 5.32 Å². The Kier molecular flexibility index (Phi) is 4.49. The molecule has 2 fully saturated rings. The molecule has 0 bridgehead atoms. The fourth-order valence-corrected chi connectivity index (χ4v) is 5.01. The molecule has 0 spiro atoms. The van der Waals surface area contributed by atoms with Gasteiger partial charge in [-0.15, -0.1) is 11.8 Å². The molecule has 18 heavy (non-hydrogen) atoms. The minimum Gasteiger partial charge on any atom is -0.339 e. The van der Waals surface area contributed by atoms with Crippen molar-refractivity contribution in [3.05, 3.63) is 11.7 Å². The average molecular weight is 285 g/mol. The van der Waals surface area contributed by atoms with Crippen LogP contribution in [0.15, 0.2) is 4.52 Å². The first-order chi connectivity index (χ1) is 8.92. The Hall–Kier alpha value is -0.200. The number of nitrogens with one attached hydrogen (secondary N) is 1. The first-order valence-electron chi connectivity index (χ1n) is 6.64. The third-order valence-corrected chi connectivity index (χ3v) is 6.27. The van der Waals surface area contributed by atoms with Crippen molar-refractivity contribution in [2.45, 2.75) is 24.5 Å². The van der Waals surface area contributed by atoms with Crippen LogP contribution in [0.1, 0.15) is 29.8 Å². The summed E-state index contributed by atoms with van der Waals surface area (Å²) in [7, 11) is 0. The number of aryl methyl sites for hydroxylation is 1. The second-order valence-electron chi connectivity index (χ2n) is 4.88. The highest BCUT2D eigenvalue weighted by atomic mass is 32.2. The van der Waals surface area contributed by atoms with Gasteiger partial charge in [0.2, 0.25) is 5.89 Å². The van der Waals surface area contributed by atoms with Gasteiger partial charge in [-0.25, -0.2) is 0 Å². The Labute approximate surface area is 116 Å². The molecule has 2 saturated heterocycles. The van der Waals surface area contributed by atoms with Crippen molar-refractivity contribution in [1.29, 1.82) is 0 Å². The molecule has 0 aliphatic carbocycles. The van der Waals surface area contributed by atoms with Crippen molar-refractivity contribution in [2.24, 2.45) is 5.92 Å². The number of nitrogens with zero attached hydrogens (tertiary/aromatic N) is 2. The van der Waals surface area contributed by atoms with E-state index in [1.54, 1.807) is 0 Å². The highest BCUT2D eigenvalue weighted by molar-refractivity contribution is 8.06. The quantitative estimate of drug-likeness (QED) is 0.914. The summed E-state index contributed by atoms with van der Waals surface area (Å²) in [5, 5.41) is 7.98. The Bertz CT molecular complexity index is 373. The van der Waals surface area contributed by atoms with E-state index in [0.29, 0.717) is 5.25 Å². The molecule has 100 valence electrons. The minimum atomic E-state index is 0.439. The Balaban J connectivity index is 1.52. The Morgan fingerprint density at radius 3 is 3.17 bits per heavy atom. The molecule has 2 atom stereocenters. The van der Waals surface area contributed by atoms with Crippen molar-refractivity contribution in [3.63, 3.8) is 0 Å². The molecule has 3 heterocycles. The molecule has 4 nitrogen and oxygen atoms in total. The zero-order valence-corrected chi connectivity index (χ0v) is 12.1. The average Bonchev–Trinajstić information content (AvgIpc) is 3.09. The van der Waals surface area contributed by atoms with Crippen LogP contribution in [0.2, 0.25) is 0 Å². The molecule has 1 aromatic rings. The zero-order chi connectivity index (χ0) is 12.2. The Morgan fingerprint density at radius 1 is 1.39 bits per heavy atom. The van der Waals surface area contributed by atoms with Crippen LogP contribution in [0.5, 0.6) is 0 Å². The van der Waals surface area contributed by atoms with Gasteiger partial charge in [0.05, 0.1) is 5.25 Å². The number of rotatable bonds is 4. The smallest absolute Gasteiger partial charge is 0.226 e. The van der Waals surface area contributed by atoms with Gasteiger partial charge in [0.1, 0.15) is 0 Å². The van der Waals surface area contributed by atoms with Crippen LogP contribution in [0.25, 0.3) is 0 Å². The van der Waals surface area contributed by atoms with Gasteiger partial charge in [-0.1, -0.05) is 5.16 Å². The summed E-state index contributed by atoms with van der Waals surface area (Å²) in [6, 6.07) is 0. The zero-order valence-electron chi connectivity index (χ0n) is 10.4. The number of thioether (sulfide) groups is 2. The second kappa shape index (κ2) is 6.30. The van der Waals surface area contributed by atoms with Gasteiger partial charge in [-0.05, 0) is 31.8 Å². The van der Waals surface area contributed by atoms with Crippen molar-refractivity contribution in [2.75, 3.05) is 30.3 Å². The molecule has 0 radical (unpaired) electrons. The molecule has 1 N–H and O–H groups in total. The van der Waals surface area contributed by atoms with E-state index in [2.05, 4.69) is 15.5 Å². The normalized spacial score (nSPS) is 28.7. The van der Waals surface area contributed by atoms with Crippen molar-refractivity contribution in [1.82, 2.24) is 15.5 Å². The topological polar surface area (TPSA) is 51.0 Å². The van der Waals surface area contributed by atoms with Gasteiger partial charge in [-0.3, -0.25) is 0 Å². The van der Waals surface area contributed by atoms with Crippen LogP contribution in [0, 0.1) is 5.92 Å². The lowest BCUT2D eigenvalue weighted by Crippen LogP contribution is -2.10. The third kappa shape index (κ3) is 3.22. The van der Waals surface area contributed by atoms with Gasteiger partial charge >= 0.3 is 0 Å². The summed E-state index contributed by atoms with van der Waals surface area (Å²) in [6.07, 6.45) is 3.39. The summed E-state index contributed by atoms with van der Waals surface area (Å²) in [5.41, 5.74) is 0.